The quantitative estimate of drug-likeness (QED) is 0.818. The number of carbonyl (C=O) groups is 1. The van der Waals surface area contributed by atoms with E-state index in [1.54, 1.807) is 14.0 Å². The molecule has 3 rings (SSSR count). The topological polar surface area (TPSA) is 32.8 Å². The van der Waals surface area contributed by atoms with Crippen LogP contribution < -0.4 is 4.74 Å². The zero-order valence-electron chi connectivity index (χ0n) is 16.4. The second kappa shape index (κ2) is 8.26. The second-order valence-electron chi connectivity index (χ2n) is 7.78. The molecule has 0 bridgehead atoms. The molecule has 2 saturated heterocycles. The third-order valence-electron chi connectivity index (χ3n) is 6.20. The zero-order chi connectivity index (χ0) is 18.6. The van der Waals surface area contributed by atoms with Crippen molar-refractivity contribution in [3.05, 3.63) is 35.9 Å². The Labute approximate surface area is 157 Å². The van der Waals surface area contributed by atoms with Crippen LogP contribution in [0.4, 0.5) is 0 Å². The van der Waals surface area contributed by atoms with E-state index in [2.05, 4.69) is 34.9 Å². The summed E-state index contributed by atoms with van der Waals surface area (Å²) < 4.78 is 5.43. The molecule has 2 heterocycles. The van der Waals surface area contributed by atoms with Crippen molar-refractivity contribution in [3.8, 4) is 5.75 Å². The Balaban J connectivity index is 1.73. The van der Waals surface area contributed by atoms with Gasteiger partial charge >= 0.3 is 0 Å². The van der Waals surface area contributed by atoms with Crippen LogP contribution in [0.25, 0.3) is 6.08 Å². The first-order valence-electron chi connectivity index (χ1n) is 9.88. The molecule has 1 aromatic rings. The Bertz CT molecular complexity index is 657. The van der Waals surface area contributed by atoms with Crippen molar-refractivity contribution in [3.63, 3.8) is 0 Å². The molecule has 4 nitrogen and oxygen atoms in total. The normalized spacial score (nSPS) is 27.2. The number of nitrogens with zero attached hydrogens (tertiary/aromatic N) is 2. The van der Waals surface area contributed by atoms with Crippen molar-refractivity contribution < 1.29 is 9.53 Å². The van der Waals surface area contributed by atoms with Gasteiger partial charge in [0.2, 0.25) is 5.91 Å². The third kappa shape index (κ3) is 3.80. The molecule has 2 fully saturated rings. The van der Waals surface area contributed by atoms with Crippen molar-refractivity contribution in [1.82, 2.24) is 9.80 Å². The van der Waals surface area contributed by atoms with Crippen molar-refractivity contribution in [2.75, 3.05) is 26.7 Å². The number of ether oxygens (including phenoxy) is 1. The Hall–Kier alpha value is -1.81. The minimum absolute atomic E-state index is 0.0233. The molecule has 2 aliphatic heterocycles. The van der Waals surface area contributed by atoms with Crippen LogP contribution in [0, 0.1) is 0 Å². The van der Waals surface area contributed by atoms with Gasteiger partial charge in [-0.15, -0.1) is 0 Å². The van der Waals surface area contributed by atoms with E-state index < -0.39 is 0 Å². The van der Waals surface area contributed by atoms with Crippen LogP contribution in [-0.2, 0) is 4.79 Å². The number of para-hydroxylation sites is 1. The number of amides is 1. The Morgan fingerprint density at radius 1 is 1.27 bits per heavy atom. The molecule has 0 unspecified atom stereocenters. The van der Waals surface area contributed by atoms with Crippen LogP contribution >= 0.6 is 0 Å². The number of benzene rings is 1. The summed E-state index contributed by atoms with van der Waals surface area (Å²) in [5.41, 5.74) is 1.09. The maximum Gasteiger partial charge on any atom is 0.219 e. The van der Waals surface area contributed by atoms with Gasteiger partial charge in [0.1, 0.15) is 5.75 Å². The monoisotopic (exact) mass is 356 g/mol. The molecule has 1 amide bonds. The zero-order valence-corrected chi connectivity index (χ0v) is 16.4. The van der Waals surface area contributed by atoms with Crippen LogP contribution in [0.2, 0.25) is 0 Å². The first-order chi connectivity index (χ1) is 12.6. The molecule has 0 aromatic heterocycles. The standard InChI is InChI=1S/C22H32N2O2/c1-18(25)24-16-8-4-5-13-21-22(24,2)14-17-23(21)15-9-11-19-10-6-7-12-20(19)26-3/h6-7,9-12,21H,4-5,8,13-17H2,1-3H3/b11-9+/t21-,22-/m0/s1. The van der Waals surface area contributed by atoms with E-state index in [9.17, 15) is 4.79 Å². The van der Waals surface area contributed by atoms with E-state index in [4.69, 9.17) is 4.74 Å². The lowest BCUT2D eigenvalue weighted by Crippen LogP contribution is -2.57. The van der Waals surface area contributed by atoms with Crippen LogP contribution in [0.5, 0.6) is 5.75 Å². The van der Waals surface area contributed by atoms with Crippen LogP contribution in [-0.4, -0.2) is 54.0 Å². The summed E-state index contributed by atoms with van der Waals surface area (Å²) >= 11 is 0. The highest BCUT2D eigenvalue weighted by Crippen LogP contribution is 2.38. The molecular formula is C22H32N2O2. The summed E-state index contributed by atoms with van der Waals surface area (Å²) in [5, 5.41) is 0. The molecule has 0 N–H and O–H groups in total. The Morgan fingerprint density at radius 2 is 2.08 bits per heavy atom. The average molecular weight is 357 g/mol. The fourth-order valence-electron chi connectivity index (χ4n) is 4.79. The summed E-state index contributed by atoms with van der Waals surface area (Å²) in [6, 6.07) is 8.55. The molecule has 142 valence electrons. The van der Waals surface area contributed by atoms with E-state index in [-0.39, 0.29) is 11.4 Å². The summed E-state index contributed by atoms with van der Waals surface area (Å²) in [7, 11) is 1.71. The smallest absolute Gasteiger partial charge is 0.219 e. The van der Waals surface area contributed by atoms with Gasteiger partial charge in [-0.3, -0.25) is 9.69 Å². The van der Waals surface area contributed by atoms with Gasteiger partial charge < -0.3 is 9.64 Å². The molecule has 1 aromatic carbocycles. The van der Waals surface area contributed by atoms with Gasteiger partial charge in [-0.2, -0.15) is 0 Å². The number of fused-ring (bicyclic) bond motifs is 1. The van der Waals surface area contributed by atoms with E-state index >= 15 is 0 Å². The predicted octanol–water partition coefficient (Wildman–Crippen LogP) is 3.96. The summed E-state index contributed by atoms with van der Waals surface area (Å²) in [4.78, 5) is 17.0. The molecule has 2 aliphatic rings. The molecule has 0 aliphatic carbocycles. The minimum atomic E-state index is -0.0233. The maximum atomic E-state index is 12.3. The lowest BCUT2D eigenvalue weighted by atomic mass is 9.85. The third-order valence-corrected chi connectivity index (χ3v) is 6.20. The Kier molecular flexibility index (Phi) is 6.02. The predicted molar refractivity (Wildman–Crippen MR) is 106 cm³/mol. The van der Waals surface area contributed by atoms with Gasteiger partial charge in [-0.05, 0) is 32.3 Å². The lowest BCUT2D eigenvalue weighted by molar-refractivity contribution is -0.136. The summed E-state index contributed by atoms with van der Waals surface area (Å²) in [6.45, 7) is 6.92. The molecular weight excluding hydrogens is 324 g/mol. The minimum Gasteiger partial charge on any atom is -0.496 e. The number of methoxy groups -OCH3 is 1. The maximum absolute atomic E-state index is 12.3. The summed E-state index contributed by atoms with van der Waals surface area (Å²) in [5.74, 6) is 1.13. The van der Waals surface area contributed by atoms with Crippen molar-refractivity contribution >= 4 is 12.0 Å². The number of hydrogen-bond donors (Lipinski definition) is 0. The highest BCUT2D eigenvalue weighted by Gasteiger charge is 2.48. The number of likely N-dealkylation sites (tertiary alicyclic amines) is 2. The van der Waals surface area contributed by atoms with Gasteiger partial charge in [0, 0.05) is 38.2 Å². The molecule has 0 spiro atoms. The van der Waals surface area contributed by atoms with E-state index in [0.29, 0.717) is 6.04 Å². The van der Waals surface area contributed by atoms with E-state index in [1.165, 1.54) is 19.3 Å². The number of carbonyl (C=O) groups excluding carboxylic acids is 1. The SMILES string of the molecule is COc1ccccc1/C=C/CN1CC[C@@]2(C)[C@@H]1CCCCCN2C(C)=O. The molecule has 2 atom stereocenters. The molecule has 0 saturated carbocycles. The highest BCUT2D eigenvalue weighted by atomic mass is 16.5. The van der Waals surface area contributed by atoms with Crippen LogP contribution in [0.3, 0.4) is 0 Å². The van der Waals surface area contributed by atoms with Gasteiger partial charge in [-0.1, -0.05) is 43.2 Å². The second-order valence-corrected chi connectivity index (χ2v) is 7.78. The number of hydrogen-bond acceptors (Lipinski definition) is 3. The van der Waals surface area contributed by atoms with Gasteiger partial charge in [0.15, 0.2) is 0 Å². The van der Waals surface area contributed by atoms with Crippen molar-refractivity contribution in [1.29, 1.82) is 0 Å². The van der Waals surface area contributed by atoms with Gasteiger partial charge in [-0.25, -0.2) is 0 Å². The van der Waals surface area contributed by atoms with Gasteiger partial charge in [0.05, 0.1) is 12.6 Å². The summed E-state index contributed by atoms with van der Waals surface area (Å²) in [6.07, 6.45) is 10.3. The first-order valence-corrected chi connectivity index (χ1v) is 9.88. The Morgan fingerprint density at radius 3 is 2.85 bits per heavy atom. The fourth-order valence-corrected chi connectivity index (χ4v) is 4.79. The average Bonchev–Trinajstić information content (AvgIpc) is 2.92. The fraction of sp³-hybridized carbons (Fsp3) is 0.591. The van der Waals surface area contributed by atoms with E-state index in [0.717, 1.165) is 43.8 Å². The molecule has 0 radical (unpaired) electrons. The largest absolute Gasteiger partial charge is 0.496 e. The molecule has 26 heavy (non-hydrogen) atoms. The number of rotatable bonds is 4. The van der Waals surface area contributed by atoms with E-state index in [1.807, 2.05) is 18.2 Å². The van der Waals surface area contributed by atoms with Crippen LogP contribution in [0.15, 0.2) is 30.3 Å². The lowest BCUT2D eigenvalue weighted by Gasteiger charge is -2.45. The van der Waals surface area contributed by atoms with Crippen LogP contribution in [0.1, 0.15) is 51.5 Å². The van der Waals surface area contributed by atoms with Gasteiger partial charge in [0.25, 0.3) is 0 Å². The first kappa shape index (κ1) is 19.0. The van der Waals surface area contributed by atoms with Crippen molar-refractivity contribution in [2.45, 2.75) is 57.5 Å². The highest BCUT2D eigenvalue weighted by molar-refractivity contribution is 5.74. The molecule has 4 heteroatoms. The van der Waals surface area contributed by atoms with Crippen molar-refractivity contribution in [2.24, 2.45) is 0 Å².